The Hall–Kier alpha value is -1.56. The highest BCUT2D eigenvalue weighted by atomic mass is 16.2. The van der Waals surface area contributed by atoms with Gasteiger partial charge < -0.3 is 5.73 Å². The fourth-order valence-corrected chi connectivity index (χ4v) is 0.867. The van der Waals surface area contributed by atoms with Crippen molar-refractivity contribution in [1.29, 1.82) is 0 Å². The molecule has 0 saturated heterocycles. The number of aromatic amines is 1. The van der Waals surface area contributed by atoms with Gasteiger partial charge in [0.05, 0.1) is 11.4 Å². The van der Waals surface area contributed by atoms with Crippen LogP contribution in [0.5, 0.6) is 0 Å². The predicted octanol–water partition coefficient (Wildman–Crippen LogP) is -0.493. The van der Waals surface area contributed by atoms with Gasteiger partial charge in [-0.15, -0.1) is 0 Å². The topological polar surface area (TPSA) is 87.0 Å². The first kappa shape index (κ1) is 9.53. The van der Waals surface area contributed by atoms with Crippen LogP contribution in [0.25, 0.3) is 0 Å². The van der Waals surface area contributed by atoms with Crippen LogP contribution in [-0.4, -0.2) is 35.2 Å². The molecule has 0 aromatic carbocycles. The molecule has 0 saturated carbocycles. The second-order valence-corrected chi connectivity index (χ2v) is 2.95. The average Bonchev–Trinajstić information content (AvgIpc) is 2.31. The lowest BCUT2D eigenvalue weighted by Gasteiger charge is -2.10. The molecule has 0 spiro atoms. The third-order valence-electron chi connectivity index (χ3n) is 1.53. The van der Waals surface area contributed by atoms with Crippen molar-refractivity contribution in [2.24, 2.45) is 0 Å². The van der Waals surface area contributed by atoms with Gasteiger partial charge in [-0.2, -0.15) is 5.10 Å². The van der Waals surface area contributed by atoms with Gasteiger partial charge in [-0.05, 0) is 6.92 Å². The van der Waals surface area contributed by atoms with E-state index in [0.717, 1.165) is 0 Å². The Morgan fingerprint density at radius 2 is 2.23 bits per heavy atom. The number of amides is 1. The maximum Gasteiger partial charge on any atom is 0.288 e. The zero-order chi connectivity index (χ0) is 10.0. The summed E-state index contributed by atoms with van der Waals surface area (Å²) >= 11 is 0. The van der Waals surface area contributed by atoms with Gasteiger partial charge in [-0.3, -0.25) is 15.3 Å². The van der Waals surface area contributed by atoms with E-state index in [9.17, 15) is 4.79 Å². The summed E-state index contributed by atoms with van der Waals surface area (Å²) in [6, 6.07) is 0. The van der Waals surface area contributed by atoms with Gasteiger partial charge >= 0.3 is 0 Å². The minimum absolute atomic E-state index is 0.228. The van der Waals surface area contributed by atoms with Gasteiger partial charge in [0, 0.05) is 14.1 Å². The minimum atomic E-state index is -0.313. The molecule has 0 bridgehead atoms. The summed E-state index contributed by atoms with van der Waals surface area (Å²) in [5, 5.41) is 7.95. The molecule has 6 nitrogen and oxygen atoms in total. The van der Waals surface area contributed by atoms with E-state index in [1.165, 1.54) is 5.01 Å². The standard InChI is InChI=1S/C7H13N5O/c1-4-5(8)6(10-9-4)7(13)11-12(2)3/h8H2,1-3H3,(H,9,10)(H,11,13). The largest absolute Gasteiger partial charge is 0.395 e. The van der Waals surface area contributed by atoms with Gasteiger partial charge in [0.15, 0.2) is 5.69 Å². The predicted molar refractivity (Wildman–Crippen MR) is 48.9 cm³/mol. The summed E-state index contributed by atoms with van der Waals surface area (Å²) in [6.07, 6.45) is 0. The first-order valence-corrected chi connectivity index (χ1v) is 3.81. The normalized spacial score (nSPS) is 10.5. The molecule has 0 aliphatic heterocycles. The molecular weight excluding hydrogens is 170 g/mol. The fraction of sp³-hybridized carbons (Fsp3) is 0.429. The van der Waals surface area contributed by atoms with E-state index < -0.39 is 0 Å². The third-order valence-corrected chi connectivity index (χ3v) is 1.53. The Bertz CT molecular complexity index is 317. The zero-order valence-corrected chi connectivity index (χ0v) is 7.88. The highest BCUT2D eigenvalue weighted by Crippen LogP contribution is 2.11. The van der Waals surface area contributed by atoms with Crippen molar-refractivity contribution in [2.45, 2.75) is 6.92 Å². The number of nitrogens with one attached hydrogen (secondary N) is 2. The van der Waals surface area contributed by atoms with Crippen LogP contribution in [0.3, 0.4) is 0 Å². The van der Waals surface area contributed by atoms with Crippen molar-refractivity contribution in [2.75, 3.05) is 19.8 Å². The number of hydrogen-bond donors (Lipinski definition) is 3. The van der Waals surface area contributed by atoms with Gasteiger partial charge in [0.2, 0.25) is 0 Å². The molecule has 0 fully saturated rings. The highest BCUT2D eigenvalue weighted by molar-refractivity contribution is 5.97. The number of rotatable bonds is 2. The van der Waals surface area contributed by atoms with Crippen molar-refractivity contribution in [3.05, 3.63) is 11.4 Å². The molecule has 0 aliphatic carbocycles. The second kappa shape index (κ2) is 3.44. The van der Waals surface area contributed by atoms with E-state index in [1.807, 2.05) is 0 Å². The molecule has 13 heavy (non-hydrogen) atoms. The number of nitrogens with zero attached hydrogens (tertiary/aromatic N) is 2. The van der Waals surface area contributed by atoms with Gasteiger partial charge in [-0.1, -0.05) is 0 Å². The van der Waals surface area contributed by atoms with Crippen LogP contribution < -0.4 is 11.2 Å². The summed E-state index contributed by atoms with van der Waals surface area (Å²) in [6.45, 7) is 1.76. The number of hydrazine groups is 1. The lowest BCUT2D eigenvalue weighted by molar-refractivity contribution is 0.0852. The molecule has 1 aromatic heterocycles. The molecule has 1 heterocycles. The quantitative estimate of drug-likeness (QED) is 0.540. The van der Waals surface area contributed by atoms with Crippen LogP contribution in [-0.2, 0) is 0 Å². The van der Waals surface area contributed by atoms with Crippen molar-refractivity contribution in [1.82, 2.24) is 20.6 Å². The van der Waals surface area contributed by atoms with E-state index in [1.54, 1.807) is 21.0 Å². The average molecular weight is 183 g/mol. The minimum Gasteiger partial charge on any atom is -0.395 e. The molecule has 6 heteroatoms. The molecule has 0 unspecified atom stereocenters. The number of nitrogen functional groups attached to an aromatic ring is 1. The first-order valence-electron chi connectivity index (χ1n) is 3.81. The van der Waals surface area contributed by atoms with E-state index >= 15 is 0 Å². The van der Waals surface area contributed by atoms with Crippen molar-refractivity contribution < 1.29 is 4.79 Å². The number of aryl methyl sites for hydroxylation is 1. The molecule has 1 aromatic rings. The van der Waals surface area contributed by atoms with E-state index in [2.05, 4.69) is 15.6 Å². The van der Waals surface area contributed by atoms with Crippen LogP contribution in [0.15, 0.2) is 0 Å². The van der Waals surface area contributed by atoms with Gasteiger partial charge in [0.25, 0.3) is 5.91 Å². The Labute approximate surface area is 76.1 Å². The smallest absolute Gasteiger partial charge is 0.288 e. The summed E-state index contributed by atoms with van der Waals surface area (Å²) in [7, 11) is 3.43. The third kappa shape index (κ3) is 1.97. The molecule has 0 atom stereocenters. The monoisotopic (exact) mass is 183 g/mol. The van der Waals surface area contributed by atoms with E-state index in [-0.39, 0.29) is 11.6 Å². The van der Waals surface area contributed by atoms with E-state index in [4.69, 9.17) is 5.73 Å². The maximum atomic E-state index is 11.4. The number of anilines is 1. The number of H-pyrrole nitrogens is 1. The number of nitrogens with two attached hydrogens (primary N) is 1. The van der Waals surface area contributed by atoms with E-state index in [0.29, 0.717) is 11.4 Å². The number of carbonyl (C=O) groups excluding carboxylic acids is 1. The molecule has 1 amide bonds. The SMILES string of the molecule is Cc1[nH]nc(C(=O)NN(C)C)c1N. The van der Waals surface area contributed by atoms with Crippen LogP contribution in [0.4, 0.5) is 5.69 Å². The van der Waals surface area contributed by atoms with Crippen molar-refractivity contribution in [3.63, 3.8) is 0 Å². The molecule has 0 aliphatic rings. The second-order valence-electron chi connectivity index (χ2n) is 2.95. The fourth-order valence-electron chi connectivity index (χ4n) is 0.867. The number of carbonyl (C=O) groups is 1. The Balaban J connectivity index is 2.83. The van der Waals surface area contributed by atoms with Crippen molar-refractivity contribution in [3.8, 4) is 0 Å². The lowest BCUT2D eigenvalue weighted by atomic mass is 10.3. The molecule has 4 N–H and O–H groups in total. The van der Waals surface area contributed by atoms with Crippen LogP contribution in [0.1, 0.15) is 16.2 Å². The van der Waals surface area contributed by atoms with Crippen LogP contribution in [0.2, 0.25) is 0 Å². The molecular formula is C7H13N5O. The summed E-state index contributed by atoms with van der Waals surface area (Å²) in [5.74, 6) is -0.313. The molecule has 72 valence electrons. The Morgan fingerprint density at radius 1 is 1.62 bits per heavy atom. The highest BCUT2D eigenvalue weighted by Gasteiger charge is 2.14. The van der Waals surface area contributed by atoms with Crippen molar-refractivity contribution >= 4 is 11.6 Å². The zero-order valence-electron chi connectivity index (χ0n) is 7.88. The number of hydrogen-bond acceptors (Lipinski definition) is 4. The van der Waals surface area contributed by atoms with Crippen LogP contribution >= 0.6 is 0 Å². The van der Waals surface area contributed by atoms with Gasteiger partial charge in [-0.25, -0.2) is 5.01 Å². The first-order chi connectivity index (χ1) is 6.02. The lowest BCUT2D eigenvalue weighted by Crippen LogP contribution is -2.36. The number of aromatic nitrogens is 2. The molecule has 1 rings (SSSR count). The van der Waals surface area contributed by atoms with Gasteiger partial charge in [0.1, 0.15) is 0 Å². The maximum absolute atomic E-state index is 11.4. The van der Waals surface area contributed by atoms with Crippen LogP contribution in [0, 0.1) is 6.92 Å². The summed E-state index contributed by atoms with van der Waals surface area (Å²) < 4.78 is 0. The summed E-state index contributed by atoms with van der Waals surface area (Å²) in [5.41, 5.74) is 9.47. The summed E-state index contributed by atoms with van der Waals surface area (Å²) in [4.78, 5) is 11.4. The Morgan fingerprint density at radius 3 is 2.62 bits per heavy atom. The molecule has 0 radical (unpaired) electrons. The Kier molecular flexibility index (Phi) is 2.52.